The van der Waals surface area contributed by atoms with Crippen molar-refractivity contribution in [1.82, 2.24) is 0 Å². The topological polar surface area (TPSA) is 3.24 Å². The molecule has 60 heavy (non-hydrogen) atoms. The van der Waals surface area contributed by atoms with E-state index in [1.165, 1.54) is 122 Å². The average molecular weight is 768 g/mol. The molecule has 1 nitrogen and oxygen atoms in total. The summed E-state index contributed by atoms with van der Waals surface area (Å²) in [7, 11) is 2.20. The van der Waals surface area contributed by atoms with E-state index in [0.29, 0.717) is 0 Å². The van der Waals surface area contributed by atoms with E-state index >= 15 is 0 Å². The van der Waals surface area contributed by atoms with E-state index < -0.39 is 0 Å². The second kappa shape index (κ2) is 12.5. The Morgan fingerprint density at radius 1 is 0.333 bits per heavy atom. The van der Waals surface area contributed by atoms with Crippen molar-refractivity contribution in [2.75, 3.05) is 11.9 Å². The van der Waals surface area contributed by atoms with E-state index in [4.69, 9.17) is 0 Å². The maximum Gasteiger partial charge on any atom is 0.0488 e. The minimum absolute atomic E-state index is 0.0547. The van der Waals surface area contributed by atoms with E-state index in [1.54, 1.807) is 0 Å². The highest BCUT2D eigenvalue weighted by atomic mass is 15.1. The van der Waals surface area contributed by atoms with Crippen molar-refractivity contribution in [2.45, 2.75) is 38.5 Å². The van der Waals surface area contributed by atoms with Gasteiger partial charge in [-0.25, -0.2) is 0 Å². The zero-order chi connectivity index (χ0) is 40.5. The minimum Gasteiger partial charge on any atom is -0.344 e. The first-order valence-corrected chi connectivity index (χ1v) is 21.3. The number of anilines is 2. The molecule has 0 spiro atoms. The molecule has 0 unspecified atom stereocenters. The highest BCUT2D eigenvalue weighted by Gasteiger charge is 2.37. The zero-order valence-corrected chi connectivity index (χ0v) is 34.8. The van der Waals surface area contributed by atoms with Crippen LogP contribution in [0.15, 0.2) is 170 Å². The molecule has 0 saturated carbocycles. The summed E-state index contributed by atoms with van der Waals surface area (Å²) in [4.78, 5) is 2.35. The molecule has 286 valence electrons. The largest absolute Gasteiger partial charge is 0.344 e. The zero-order valence-electron chi connectivity index (χ0n) is 34.8. The molecule has 0 radical (unpaired) electrons. The Balaban J connectivity index is 1.12. The minimum atomic E-state index is -0.0734. The molecule has 9 aromatic rings. The van der Waals surface area contributed by atoms with Crippen LogP contribution in [0.4, 0.5) is 11.4 Å². The lowest BCUT2D eigenvalue weighted by atomic mass is 9.80. The molecular formula is C59H45N. The number of fused-ring (bicyclic) bond motifs is 10. The van der Waals surface area contributed by atoms with E-state index in [-0.39, 0.29) is 10.8 Å². The van der Waals surface area contributed by atoms with Crippen LogP contribution in [-0.4, -0.2) is 7.05 Å². The molecule has 3 aliphatic rings. The number of hydrogen-bond acceptors (Lipinski definition) is 1. The molecular weight excluding hydrogens is 723 g/mol. The summed E-state index contributed by atoms with van der Waals surface area (Å²) in [5.74, 6) is 0. The van der Waals surface area contributed by atoms with Gasteiger partial charge in [-0.15, -0.1) is 0 Å². The van der Waals surface area contributed by atoms with Gasteiger partial charge in [-0.1, -0.05) is 179 Å². The normalized spacial score (nSPS) is 14.9. The maximum absolute atomic E-state index is 2.48. The van der Waals surface area contributed by atoms with Gasteiger partial charge in [0, 0.05) is 29.3 Å². The third kappa shape index (κ3) is 4.87. The van der Waals surface area contributed by atoms with Crippen molar-refractivity contribution in [3.8, 4) is 55.6 Å². The van der Waals surface area contributed by atoms with Crippen molar-refractivity contribution < 1.29 is 0 Å². The smallest absolute Gasteiger partial charge is 0.0488 e. The Bertz CT molecular complexity index is 3340. The molecule has 1 heteroatoms. The first kappa shape index (κ1) is 35.0. The molecule has 0 amide bonds. The van der Waals surface area contributed by atoms with Crippen LogP contribution in [-0.2, 0) is 10.8 Å². The second-order valence-corrected chi connectivity index (χ2v) is 18.1. The van der Waals surface area contributed by atoms with Gasteiger partial charge < -0.3 is 4.90 Å². The first-order valence-electron chi connectivity index (χ1n) is 21.3. The highest BCUT2D eigenvalue weighted by Crippen LogP contribution is 2.53. The SMILES string of the molecule is CN1c2ccccc2C=Cc2ccc(-c3c4ccccc4c(-c4ccc5c(c4)-c4ccccc4C5(C)C)c4cc(-c5ccc6c(c5)C(C)(C)c5ccccc5-6)ccc34)cc21. The Kier molecular flexibility index (Phi) is 7.31. The van der Waals surface area contributed by atoms with Gasteiger partial charge in [0.05, 0.1) is 0 Å². The van der Waals surface area contributed by atoms with Gasteiger partial charge in [0.2, 0.25) is 0 Å². The Hall–Kier alpha value is -6.96. The summed E-state index contributed by atoms with van der Waals surface area (Å²) in [5.41, 5.74) is 23.2. The molecule has 12 rings (SSSR count). The first-order chi connectivity index (χ1) is 29.2. The van der Waals surface area contributed by atoms with Crippen LogP contribution in [0.25, 0.3) is 89.3 Å². The lowest BCUT2D eigenvalue weighted by Crippen LogP contribution is -2.14. The fraction of sp³-hybridized carbons (Fsp3) is 0.119. The van der Waals surface area contributed by atoms with Crippen molar-refractivity contribution in [2.24, 2.45) is 0 Å². The highest BCUT2D eigenvalue weighted by molar-refractivity contribution is 6.22. The number of benzene rings is 9. The number of rotatable bonds is 3. The maximum atomic E-state index is 2.48. The number of nitrogens with zero attached hydrogens (tertiary/aromatic N) is 1. The van der Waals surface area contributed by atoms with Gasteiger partial charge in [-0.05, 0) is 141 Å². The molecule has 1 heterocycles. The molecule has 0 atom stereocenters. The van der Waals surface area contributed by atoms with Gasteiger partial charge in [0.25, 0.3) is 0 Å². The summed E-state index contributed by atoms with van der Waals surface area (Å²) in [6, 6.07) is 64.4. The average Bonchev–Trinajstić information content (AvgIpc) is 3.58. The Morgan fingerprint density at radius 2 is 0.833 bits per heavy atom. The predicted octanol–water partition coefficient (Wildman–Crippen LogP) is 15.9. The molecule has 1 aliphatic heterocycles. The van der Waals surface area contributed by atoms with Crippen LogP contribution in [0.5, 0.6) is 0 Å². The molecule has 2 aliphatic carbocycles. The van der Waals surface area contributed by atoms with Crippen LogP contribution < -0.4 is 4.90 Å². The number of hydrogen-bond donors (Lipinski definition) is 0. The third-order valence-corrected chi connectivity index (χ3v) is 14.2. The summed E-state index contributed by atoms with van der Waals surface area (Å²) in [6.07, 6.45) is 4.50. The van der Waals surface area contributed by atoms with Gasteiger partial charge in [0.15, 0.2) is 0 Å². The molecule has 9 aromatic carbocycles. The van der Waals surface area contributed by atoms with Gasteiger partial charge in [-0.2, -0.15) is 0 Å². The lowest BCUT2D eigenvalue weighted by Gasteiger charge is -2.24. The van der Waals surface area contributed by atoms with Crippen LogP contribution in [0.2, 0.25) is 0 Å². The quantitative estimate of drug-likeness (QED) is 0.162. The van der Waals surface area contributed by atoms with Gasteiger partial charge in [0.1, 0.15) is 0 Å². The van der Waals surface area contributed by atoms with Crippen LogP contribution in [0.3, 0.4) is 0 Å². The fourth-order valence-electron chi connectivity index (χ4n) is 11.1. The van der Waals surface area contributed by atoms with Crippen molar-refractivity contribution >= 4 is 45.1 Å². The molecule has 0 saturated heterocycles. The molecule has 0 N–H and O–H groups in total. The summed E-state index contributed by atoms with van der Waals surface area (Å²) in [6.45, 7) is 9.48. The Morgan fingerprint density at radius 3 is 1.60 bits per heavy atom. The van der Waals surface area contributed by atoms with Crippen molar-refractivity contribution in [1.29, 1.82) is 0 Å². The van der Waals surface area contributed by atoms with Gasteiger partial charge in [-0.3, -0.25) is 0 Å². The van der Waals surface area contributed by atoms with Crippen molar-refractivity contribution in [3.63, 3.8) is 0 Å². The summed E-state index contributed by atoms with van der Waals surface area (Å²) >= 11 is 0. The number of para-hydroxylation sites is 1. The van der Waals surface area contributed by atoms with E-state index in [9.17, 15) is 0 Å². The fourth-order valence-corrected chi connectivity index (χ4v) is 11.1. The molecule has 0 bridgehead atoms. The van der Waals surface area contributed by atoms with Crippen LogP contribution in [0, 0.1) is 0 Å². The van der Waals surface area contributed by atoms with Crippen LogP contribution in [0.1, 0.15) is 61.1 Å². The van der Waals surface area contributed by atoms with Crippen molar-refractivity contribution in [3.05, 3.63) is 203 Å². The third-order valence-electron chi connectivity index (χ3n) is 14.2. The predicted molar refractivity (Wildman–Crippen MR) is 256 cm³/mol. The standard InChI is InChI=1S/C59H45N/c1-58(2)51-20-12-10-16-43(51)48-33-40(28-31-52(48)58)57-46-18-8-7-17-45(46)56(41-25-24-37-23-22-36-14-6-13-21-54(36)60(5)55(37)35-41)47-30-27-38(32-49(47)57)39-26-29-44-42-15-9-11-19-50(42)59(3,4)53(44)34-39/h6-35H,1-5H3. The van der Waals surface area contributed by atoms with E-state index in [2.05, 4.69) is 222 Å². The lowest BCUT2D eigenvalue weighted by molar-refractivity contribution is 0.660. The molecule has 0 aromatic heterocycles. The second-order valence-electron chi connectivity index (χ2n) is 18.1. The van der Waals surface area contributed by atoms with E-state index in [0.717, 1.165) is 0 Å². The Labute approximate surface area is 352 Å². The molecule has 0 fully saturated rings. The van der Waals surface area contributed by atoms with Gasteiger partial charge >= 0.3 is 0 Å². The summed E-state index contributed by atoms with van der Waals surface area (Å²) in [5, 5.41) is 5.05. The van der Waals surface area contributed by atoms with E-state index in [1.807, 2.05) is 0 Å². The monoisotopic (exact) mass is 767 g/mol. The van der Waals surface area contributed by atoms with Crippen LogP contribution >= 0.6 is 0 Å². The summed E-state index contributed by atoms with van der Waals surface area (Å²) < 4.78 is 0.